The topological polar surface area (TPSA) is 54.4 Å². The van der Waals surface area contributed by atoms with Gasteiger partial charge in [0.05, 0.1) is 5.92 Å². The second kappa shape index (κ2) is 6.14. The van der Waals surface area contributed by atoms with Crippen LogP contribution in [0.2, 0.25) is 0 Å². The number of hydrogen-bond acceptors (Lipinski definition) is 2. The summed E-state index contributed by atoms with van der Waals surface area (Å²) in [6.45, 7) is 0. The minimum Gasteiger partial charge on any atom is -0.481 e. The summed E-state index contributed by atoms with van der Waals surface area (Å²) in [5.41, 5.74) is 1.87. The Labute approximate surface area is 129 Å². The van der Waals surface area contributed by atoms with Gasteiger partial charge in [-0.25, -0.2) is 0 Å². The molecule has 1 fully saturated rings. The maximum Gasteiger partial charge on any atom is 0.307 e. The molecule has 1 saturated carbocycles. The molecule has 2 atom stereocenters. The lowest BCUT2D eigenvalue weighted by Crippen LogP contribution is -2.35. The molecule has 1 N–H and O–H groups in total. The molecule has 0 aromatic heterocycles. The highest BCUT2D eigenvalue weighted by atomic mass is 16.4. The van der Waals surface area contributed by atoms with Crippen molar-refractivity contribution in [2.24, 2.45) is 5.92 Å². The molecule has 3 rings (SSSR count). The molecule has 112 valence electrons. The maximum atomic E-state index is 12.2. The minimum absolute atomic E-state index is 0.139. The number of carbonyl (C=O) groups is 2. The Morgan fingerprint density at radius 2 is 1.23 bits per heavy atom. The van der Waals surface area contributed by atoms with Crippen molar-refractivity contribution in [2.75, 3.05) is 0 Å². The largest absolute Gasteiger partial charge is 0.481 e. The van der Waals surface area contributed by atoms with Crippen LogP contribution in [0.4, 0.5) is 0 Å². The van der Waals surface area contributed by atoms with E-state index in [-0.39, 0.29) is 17.6 Å². The van der Waals surface area contributed by atoms with Crippen LogP contribution >= 0.6 is 0 Å². The smallest absolute Gasteiger partial charge is 0.307 e. The Balaban J connectivity index is 2.03. The number of carbonyl (C=O) groups excluding carboxylic acids is 1. The third-order valence-corrected chi connectivity index (χ3v) is 4.50. The van der Waals surface area contributed by atoms with Crippen LogP contribution < -0.4 is 0 Å². The number of benzene rings is 2. The standard InChI is InChI=1S/C19H18O3/c20-15-11-16(13-7-3-1-4-8-13)18(19(21)22)17(12-15)14-9-5-2-6-10-14/h1-10,16-18H,11-12H2,(H,21,22). The summed E-state index contributed by atoms with van der Waals surface area (Å²) in [5, 5.41) is 9.78. The van der Waals surface area contributed by atoms with E-state index in [0.29, 0.717) is 12.8 Å². The van der Waals surface area contributed by atoms with Gasteiger partial charge in [0.15, 0.2) is 0 Å². The fourth-order valence-corrected chi connectivity index (χ4v) is 3.50. The molecule has 0 bridgehead atoms. The molecular weight excluding hydrogens is 276 g/mol. The van der Waals surface area contributed by atoms with Crippen LogP contribution in [-0.2, 0) is 9.59 Å². The van der Waals surface area contributed by atoms with Crippen molar-refractivity contribution in [3.8, 4) is 0 Å². The van der Waals surface area contributed by atoms with Gasteiger partial charge in [-0.2, -0.15) is 0 Å². The zero-order valence-corrected chi connectivity index (χ0v) is 12.2. The predicted octanol–water partition coefficient (Wildman–Crippen LogP) is 3.62. The van der Waals surface area contributed by atoms with E-state index in [4.69, 9.17) is 0 Å². The van der Waals surface area contributed by atoms with E-state index < -0.39 is 11.9 Å². The molecule has 3 heteroatoms. The van der Waals surface area contributed by atoms with Crippen molar-refractivity contribution in [1.82, 2.24) is 0 Å². The van der Waals surface area contributed by atoms with Gasteiger partial charge in [0.25, 0.3) is 0 Å². The summed E-state index contributed by atoms with van der Waals surface area (Å²) in [4.78, 5) is 24.1. The normalized spacial score (nSPS) is 24.9. The quantitative estimate of drug-likeness (QED) is 0.940. The number of carboxylic acid groups (broad SMARTS) is 1. The highest BCUT2D eigenvalue weighted by Gasteiger charge is 2.42. The van der Waals surface area contributed by atoms with Crippen molar-refractivity contribution in [3.05, 3.63) is 71.8 Å². The lowest BCUT2D eigenvalue weighted by atomic mass is 9.66. The molecule has 2 aromatic carbocycles. The first-order valence-electron chi connectivity index (χ1n) is 7.51. The number of ketones is 1. The fourth-order valence-electron chi connectivity index (χ4n) is 3.50. The molecule has 0 spiro atoms. The molecule has 0 aliphatic heterocycles. The van der Waals surface area contributed by atoms with E-state index >= 15 is 0 Å². The molecule has 22 heavy (non-hydrogen) atoms. The van der Waals surface area contributed by atoms with Crippen molar-refractivity contribution >= 4 is 11.8 Å². The van der Waals surface area contributed by atoms with Crippen LogP contribution in [-0.4, -0.2) is 16.9 Å². The lowest BCUT2D eigenvalue weighted by molar-refractivity contribution is -0.145. The van der Waals surface area contributed by atoms with Crippen LogP contribution in [0.25, 0.3) is 0 Å². The maximum absolute atomic E-state index is 12.2. The van der Waals surface area contributed by atoms with E-state index in [9.17, 15) is 14.7 Å². The summed E-state index contributed by atoms with van der Waals surface area (Å²) in [7, 11) is 0. The molecule has 1 aliphatic rings. The van der Waals surface area contributed by atoms with Crippen molar-refractivity contribution in [1.29, 1.82) is 0 Å². The third kappa shape index (κ3) is 2.80. The van der Waals surface area contributed by atoms with Crippen LogP contribution in [0.15, 0.2) is 60.7 Å². The molecule has 2 unspecified atom stereocenters. The summed E-state index contributed by atoms with van der Waals surface area (Å²) >= 11 is 0. The first-order valence-corrected chi connectivity index (χ1v) is 7.51. The molecular formula is C19H18O3. The van der Waals surface area contributed by atoms with E-state index in [0.717, 1.165) is 11.1 Å². The second-order valence-corrected chi connectivity index (χ2v) is 5.85. The van der Waals surface area contributed by atoms with Crippen molar-refractivity contribution < 1.29 is 14.7 Å². The van der Waals surface area contributed by atoms with Crippen molar-refractivity contribution in [2.45, 2.75) is 24.7 Å². The Morgan fingerprint density at radius 3 is 1.59 bits per heavy atom. The van der Waals surface area contributed by atoms with Gasteiger partial charge in [-0.15, -0.1) is 0 Å². The third-order valence-electron chi connectivity index (χ3n) is 4.50. The summed E-state index contributed by atoms with van der Waals surface area (Å²) in [6, 6.07) is 19.0. The Hall–Kier alpha value is -2.42. The number of rotatable bonds is 3. The zero-order chi connectivity index (χ0) is 15.5. The molecule has 0 radical (unpaired) electrons. The lowest BCUT2D eigenvalue weighted by Gasteiger charge is -2.35. The molecule has 0 heterocycles. The van der Waals surface area contributed by atoms with E-state index in [1.807, 2.05) is 60.7 Å². The Morgan fingerprint density at radius 1 is 0.818 bits per heavy atom. The van der Waals surface area contributed by atoms with E-state index in [1.165, 1.54) is 0 Å². The monoisotopic (exact) mass is 294 g/mol. The first-order chi connectivity index (χ1) is 10.7. The number of Topliss-reactive ketones (excluding diaryl/α,β-unsaturated/α-hetero) is 1. The van der Waals surface area contributed by atoms with E-state index in [2.05, 4.69) is 0 Å². The average molecular weight is 294 g/mol. The minimum atomic E-state index is -0.824. The van der Waals surface area contributed by atoms with E-state index in [1.54, 1.807) is 0 Å². The highest BCUT2D eigenvalue weighted by Crippen LogP contribution is 2.44. The van der Waals surface area contributed by atoms with Crippen LogP contribution in [0.5, 0.6) is 0 Å². The number of hydrogen-bond donors (Lipinski definition) is 1. The van der Waals surface area contributed by atoms with Crippen LogP contribution in [0, 0.1) is 5.92 Å². The first kappa shape index (κ1) is 14.5. The molecule has 0 saturated heterocycles. The van der Waals surface area contributed by atoms with Gasteiger partial charge < -0.3 is 5.11 Å². The summed E-state index contributed by atoms with van der Waals surface area (Å²) in [6.07, 6.45) is 0.620. The van der Waals surface area contributed by atoms with Gasteiger partial charge in [0.1, 0.15) is 5.78 Å². The Bertz CT molecular complexity index is 612. The van der Waals surface area contributed by atoms with Gasteiger partial charge in [0, 0.05) is 24.7 Å². The SMILES string of the molecule is O=C1CC(c2ccccc2)C(C(=O)O)C(c2ccccc2)C1. The molecule has 0 amide bonds. The fraction of sp³-hybridized carbons (Fsp3) is 0.263. The number of aliphatic carboxylic acids is 1. The molecule has 1 aliphatic carbocycles. The number of carboxylic acids is 1. The molecule has 3 nitrogen and oxygen atoms in total. The highest BCUT2D eigenvalue weighted by molar-refractivity contribution is 5.85. The van der Waals surface area contributed by atoms with Crippen LogP contribution in [0.1, 0.15) is 35.8 Å². The molecule has 2 aromatic rings. The predicted molar refractivity (Wildman–Crippen MR) is 83.7 cm³/mol. The average Bonchev–Trinajstić information content (AvgIpc) is 2.55. The summed E-state index contributed by atoms with van der Waals surface area (Å²) in [5.74, 6) is -1.77. The second-order valence-electron chi connectivity index (χ2n) is 5.85. The Kier molecular flexibility index (Phi) is 4.05. The van der Waals surface area contributed by atoms with Gasteiger partial charge in [-0.1, -0.05) is 60.7 Å². The zero-order valence-electron chi connectivity index (χ0n) is 12.2. The van der Waals surface area contributed by atoms with Crippen molar-refractivity contribution in [3.63, 3.8) is 0 Å². The van der Waals surface area contributed by atoms with Gasteiger partial charge in [0.2, 0.25) is 0 Å². The van der Waals surface area contributed by atoms with Gasteiger partial charge >= 0.3 is 5.97 Å². The summed E-state index contributed by atoms with van der Waals surface area (Å²) < 4.78 is 0. The van der Waals surface area contributed by atoms with Gasteiger partial charge in [-0.3, -0.25) is 9.59 Å². The van der Waals surface area contributed by atoms with Crippen LogP contribution in [0.3, 0.4) is 0 Å². The van der Waals surface area contributed by atoms with Gasteiger partial charge in [-0.05, 0) is 11.1 Å².